The first-order chi connectivity index (χ1) is 7.42. The lowest BCUT2D eigenvalue weighted by Crippen LogP contribution is -2.33. The van der Waals surface area contributed by atoms with E-state index in [0.29, 0.717) is 0 Å². The zero-order chi connectivity index (χ0) is 10.5. The van der Waals surface area contributed by atoms with Gasteiger partial charge in [-0.25, -0.2) is 0 Å². The number of anilines is 1. The van der Waals surface area contributed by atoms with E-state index in [1.165, 1.54) is 44.3 Å². The minimum atomic E-state index is 0. The number of hydrogen-bond donors (Lipinski definition) is 0. The van der Waals surface area contributed by atoms with Gasteiger partial charge in [0.15, 0.2) is 0 Å². The molecule has 0 atom stereocenters. The van der Waals surface area contributed by atoms with Crippen molar-refractivity contribution in [2.24, 2.45) is 0 Å². The Balaban J connectivity index is 0.00000128. The Morgan fingerprint density at radius 1 is 1.12 bits per heavy atom. The van der Waals surface area contributed by atoms with Gasteiger partial charge in [0.05, 0.1) is 0 Å². The van der Waals surface area contributed by atoms with Crippen molar-refractivity contribution in [2.75, 3.05) is 11.4 Å². The summed E-state index contributed by atoms with van der Waals surface area (Å²) in [6.45, 7) is 3.47. The highest BCUT2D eigenvalue weighted by atomic mass is 28.1. The average Bonchev–Trinajstić information content (AvgIpc) is 2.80. The van der Waals surface area contributed by atoms with Crippen LogP contribution in [-0.2, 0) is 0 Å². The monoisotopic (exact) mass is 235 g/mol. The summed E-state index contributed by atoms with van der Waals surface area (Å²) in [5.41, 5.74) is 1.41. The zero-order valence-corrected chi connectivity index (χ0v) is 9.65. The van der Waals surface area contributed by atoms with Crippen molar-refractivity contribution in [3.63, 3.8) is 0 Å². The van der Waals surface area contributed by atoms with Gasteiger partial charge >= 0.3 is 0 Å². The molecule has 90 valence electrons. The molecule has 1 fully saturated rings. The van der Waals surface area contributed by atoms with Gasteiger partial charge < -0.3 is 4.90 Å². The highest BCUT2D eigenvalue weighted by molar-refractivity contribution is 5.75. The van der Waals surface area contributed by atoms with Crippen molar-refractivity contribution in [1.82, 2.24) is 0 Å². The summed E-state index contributed by atoms with van der Waals surface area (Å²) in [6, 6.07) is 11.7. The summed E-state index contributed by atoms with van der Waals surface area (Å²) in [5.74, 6) is 0. The first-order valence-corrected chi connectivity index (χ1v) is 6.23. The van der Waals surface area contributed by atoms with Crippen LogP contribution in [0.3, 0.4) is 0 Å². The second-order valence-corrected chi connectivity index (χ2v) is 4.47. The maximum absolute atomic E-state index is 2.60. The van der Waals surface area contributed by atoms with Gasteiger partial charge in [-0.1, -0.05) is 38.0 Å². The normalized spacial score (nSPS) is 15.8. The van der Waals surface area contributed by atoms with E-state index in [1.807, 2.05) is 0 Å². The van der Waals surface area contributed by atoms with Crippen molar-refractivity contribution < 1.29 is 0 Å². The summed E-state index contributed by atoms with van der Waals surface area (Å²) < 4.78 is 0. The Morgan fingerprint density at radius 2 is 1.75 bits per heavy atom. The van der Waals surface area contributed by atoms with Gasteiger partial charge in [-0.2, -0.15) is 0 Å². The van der Waals surface area contributed by atoms with E-state index in [9.17, 15) is 0 Å². The second kappa shape index (κ2) is 6.74. The molecular formula is C14H25NSi. The molecule has 0 heterocycles. The molecule has 0 spiro atoms. The molecule has 0 radical (unpaired) electrons. The lowest BCUT2D eigenvalue weighted by molar-refractivity contribution is 0.600. The second-order valence-electron chi connectivity index (χ2n) is 4.47. The Hall–Kier alpha value is -0.763. The van der Waals surface area contributed by atoms with Crippen molar-refractivity contribution in [3.8, 4) is 0 Å². The van der Waals surface area contributed by atoms with Gasteiger partial charge in [0.2, 0.25) is 0 Å². The molecule has 0 saturated heterocycles. The summed E-state index contributed by atoms with van der Waals surface area (Å²) in [5, 5.41) is 0. The number of hydrogen-bond acceptors (Lipinski definition) is 1. The minimum Gasteiger partial charge on any atom is -0.369 e. The van der Waals surface area contributed by atoms with Gasteiger partial charge in [-0.15, -0.1) is 0 Å². The lowest BCUT2D eigenvalue weighted by atomic mass is 10.1. The topological polar surface area (TPSA) is 3.24 Å². The molecule has 1 aliphatic carbocycles. The fraction of sp³-hybridized carbons (Fsp3) is 0.571. The molecule has 16 heavy (non-hydrogen) atoms. The van der Waals surface area contributed by atoms with E-state index in [4.69, 9.17) is 0 Å². The van der Waals surface area contributed by atoms with E-state index in [-0.39, 0.29) is 11.0 Å². The van der Waals surface area contributed by atoms with E-state index < -0.39 is 0 Å². The van der Waals surface area contributed by atoms with E-state index in [1.54, 1.807) is 0 Å². The van der Waals surface area contributed by atoms with Crippen LogP contribution in [0.2, 0.25) is 0 Å². The third-order valence-electron chi connectivity index (χ3n) is 3.32. The molecular weight excluding hydrogens is 210 g/mol. The molecule has 1 aromatic carbocycles. The summed E-state index contributed by atoms with van der Waals surface area (Å²) in [7, 11) is 0. The summed E-state index contributed by atoms with van der Waals surface area (Å²) in [4.78, 5) is 2.60. The van der Waals surface area contributed by atoms with Crippen LogP contribution in [-0.4, -0.2) is 23.6 Å². The molecule has 1 aliphatic rings. The van der Waals surface area contributed by atoms with Crippen LogP contribution in [0.5, 0.6) is 0 Å². The molecule has 1 saturated carbocycles. The Labute approximate surface area is 104 Å². The third kappa shape index (κ3) is 3.11. The fourth-order valence-electron chi connectivity index (χ4n) is 2.60. The fourth-order valence-corrected chi connectivity index (χ4v) is 2.60. The number of benzene rings is 1. The molecule has 0 aliphatic heterocycles. The predicted octanol–water partition coefficient (Wildman–Crippen LogP) is 2.39. The van der Waals surface area contributed by atoms with Gasteiger partial charge in [0, 0.05) is 18.3 Å². The summed E-state index contributed by atoms with van der Waals surface area (Å²) >= 11 is 0. The zero-order valence-electron chi connectivity index (χ0n) is 9.65. The van der Waals surface area contributed by atoms with E-state index >= 15 is 0 Å². The number of nitrogens with zero attached hydrogens (tertiary/aromatic N) is 1. The SMILES string of the molecule is CCCN(c1ccccc1)C1CCCC1.[SiH4]. The first kappa shape index (κ1) is 13.3. The largest absolute Gasteiger partial charge is 0.369 e. The van der Waals surface area contributed by atoms with Crippen molar-refractivity contribution >= 4 is 16.7 Å². The molecule has 0 bridgehead atoms. The molecule has 2 heteroatoms. The van der Waals surface area contributed by atoms with Crippen LogP contribution in [0.25, 0.3) is 0 Å². The molecule has 0 amide bonds. The van der Waals surface area contributed by atoms with Gasteiger partial charge in [0.1, 0.15) is 0 Å². The van der Waals surface area contributed by atoms with Crippen LogP contribution in [0.1, 0.15) is 39.0 Å². The van der Waals surface area contributed by atoms with Crippen LogP contribution in [0.4, 0.5) is 5.69 Å². The van der Waals surface area contributed by atoms with Gasteiger partial charge in [-0.3, -0.25) is 0 Å². The van der Waals surface area contributed by atoms with Crippen LogP contribution in [0.15, 0.2) is 30.3 Å². The van der Waals surface area contributed by atoms with Gasteiger partial charge in [0.25, 0.3) is 0 Å². The third-order valence-corrected chi connectivity index (χ3v) is 3.32. The quantitative estimate of drug-likeness (QED) is 0.724. The Kier molecular flexibility index (Phi) is 5.60. The lowest BCUT2D eigenvalue weighted by Gasteiger charge is -2.30. The minimum absolute atomic E-state index is 0. The molecule has 2 rings (SSSR count). The number of para-hydroxylation sites is 1. The molecule has 0 unspecified atom stereocenters. The smallest absolute Gasteiger partial charge is 0.0368 e. The highest BCUT2D eigenvalue weighted by Gasteiger charge is 2.21. The molecule has 1 nitrogen and oxygen atoms in total. The standard InChI is InChI=1S/C14H21N.H4Si/c1-2-12-15(14-10-6-7-11-14)13-8-4-3-5-9-13;/h3-5,8-9,14H,2,6-7,10-12H2,1H3;1H4. The summed E-state index contributed by atoms with van der Waals surface area (Å²) in [6.07, 6.45) is 6.84. The Bertz CT molecular complexity index is 280. The molecule has 1 aromatic rings. The first-order valence-electron chi connectivity index (χ1n) is 6.23. The van der Waals surface area contributed by atoms with Crippen molar-refractivity contribution in [1.29, 1.82) is 0 Å². The van der Waals surface area contributed by atoms with Crippen LogP contribution >= 0.6 is 0 Å². The van der Waals surface area contributed by atoms with Crippen LogP contribution in [0, 0.1) is 0 Å². The maximum atomic E-state index is 2.60. The highest BCUT2D eigenvalue weighted by Crippen LogP contribution is 2.28. The maximum Gasteiger partial charge on any atom is 0.0368 e. The van der Waals surface area contributed by atoms with Crippen molar-refractivity contribution in [2.45, 2.75) is 45.1 Å². The van der Waals surface area contributed by atoms with Gasteiger partial charge in [-0.05, 0) is 42.4 Å². The Morgan fingerprint density at radius 3 is 2.31 bits per heavy atom. The molecule has 0 aromatic heterocycles. The van der Waals surface area contributed by atoms with Crippen LogP contribution < -0.4 is 4.90 Å². The van der Waals surface area contributed by atoms with Crippen molar-refractivity contribution in [3.05, 3.63) is 30.3 Å². The number of rotatable bonds is 4. The molecule has 0 N–H and O–H groups in total. The predicted molar refractivity (Wildman–Crippen MR) is 77.7 cm³/mol. The van der Waals surface area contributed by atoms with E-state index in [2.05, 4.69) is 42.2 Å². The average molecular weight is 235 g/mol. The van der Waals surface area contributed by atoms with E-state index in [0.717, 1.165) is 6.04 Å².